The van der Waals surface area contributed by atoms with Gasteiger partial charge < -0.3 is 10.2 Å². The molecule has 3 aromatic rings. The number of nitrogens with one attached hydrogen (secondary N) is 1. The van der Waals surface area contributed by atoms with Gasteiger partial charge in [-0.3, -0.25) is 14.5 Å². The van der Waals surface area contributed by atoms with Gasteiger partial charge >= 0.3 is 0 Å². The Morgan fingerprint density at radius 1 is 1.15 bits per heavy atom. The second kappa shape index (κ2) is 7.30. The normalized spacial score (nSPS) is 16.2. The molecule has 0 fully saturated rings. The zero-order chi connectivity index (χ0) is 17.8. The van der Waals surface area contributed by atoms with E-state index in [0.29, 0.717) is 18.1 Å². The first-order chi connectivity index (χ1) is 12.8. The number of hydrogen-bond acceptors (Lipinski definition) is 6. The highest BCUT2D eigenvalue weighted by Gasteiger charge is 2.26. The van der Waals surface area contributed by atoms with Gasteiger partial charge in [0.1, 0.15) is 0 Å². The summed E-state index contributed by atoms with van der Waals surface area (Å²) in [5.74, 6) is 0.599. The summed E-state index contributed by atoms with van der Waals surface area (Å²) in [5, 5.41) is 7.40. The smallest absolute Gasteiger partial charge is 0.252 e. The van der Waals surface area contributed by atoms with Crippen LogP contribution in [0.25, 0.3) is 0 Å². The lowest BCUT2D eigenvalue weighted by molar-refractivity contribution is 0.0950. The summed E-state index contributed by atoms with van der Waals surface area (Å²) in [7, 11) is 0. The molecule has 0 bridgehead atoms. The standard InChI is InChI=1S/C18H19N7O/c26-17(14-3-1-6-19-11-14)20-9-4-15-12-24(18-21-7-2-8-22-18)13-16-5-10-23-25(15)16/h1-3,5-8,10-11,15H,4,9,12-13H2,(H,20,26)/t15-/m0/s1. The Morgan fingerprint density at radius 3 is 2.85 bits per heavy atom. The Bertz CT molecular complexity index is 866. The number of amides is 1. The predicted molar refractivity (Wildman–Crippen MR) is 95.5 cm³/mol. The highest BCUT2D eigenvalue weighted by atomic mass is 16.1. The van der Waals surface area contributed by atoms with Gasteiger partial charge in [-0.25, -0.2) is 9.97 Å². The van der Waals surface area contributed by atoms with Crippen molar-refractivity contribution in [3.63, 3.8) is 0 Å². The molecule has 0 saturated carbocycles. The van der Waals surface area contributed by atoms with Crippen molar-refractivity contribution >= 4 is 11.9 Å². The third-order valence-corrected chi connectivity index (χ3v) is 4.40. The zero-order valence-corrected chi connectivity index (χ0v) is 14.2. The van der Waals surface area contributed by atoms with Crippen molar-refractivity contribution in [2.45, 2.75) is 19.0 Å². The molecule has 8 heteroatoms. The van der Waals surface area contributed by atoms with Crippen LogP contribution >= 0.6 is 0 Å². The lowest BCUT2D eigenvalue weighted by Crippen LogP contribution is -2.40. The van der Waals surface area contributed by atoms with Gasteiger partial charge in [0.15, 0.2) is 0 Å². The van der Waals surface area contributed by atoms with Crippen LogP contribution in [0.5, 0.6) is 0 Å². The van der Waals surface area contributed by atoms with Gasteiger partial charge in [-0.05, 0) is 30.7 Å². The van der Waals surface area contributed by atoms with Gasteiger partial charge in [-0.1, -0.05) is 0 Å². The maximum Gasteiger partial charge on any atom is 0.252 e. The fourth-order valence-electron chi connectivity index (χ4n) is 3.16. The number of carbonyl (C=O) groups is 1. The fourth-order valence-corrected chi connectivity index (χ4v) is 3.16. The van der Waals surface area contributed by atoms with E-state index >= 15 is 0 Å². The minimum absolute atomic E-state index is 0.113. The van der Waals surface area contributed by atoms with E-state index in [1.54, 1.807) is 36.9 Å². The summed E-state index contributed by atoms with van der Waals surface area (Å²) in [6.45, 7) is 2.03. The minimum Gasteiger partial charge on any atom is -0.352 e. The topological polar surface area (TPSA) is 88.8 Å². The maximum absolute atomic E-state index is 12.2. The number of fused-ring (bicyclic) bond motifs is 1. The predicted octanol–water partition coefficient (Wildman–Crippen LogP) is 1.45. The largest absolute Gasteiger partial charge is 0.352 e. The van der Waals surface area contributed by atoms with E-state index in [1.807, 2.05) is 23.0 Å². The summed E-state index contributed by atoms with van der Waals surface area (Å²) in [6.07, 6.45) is 9.29. The molecular weight excluding hydrogens is 330 g/mol. The van der Waals surface area contributed by atoms with Crippen LogP contribution in [0.15, 0.2) is 55.2 Å². The molecule has 1 amide bonds. The number of nitrogens with zero attached hydrogens (tertiary/aromatic N) is 6. The minimum atomic E-state index is -0.113. The summed E-state index contributed by atoms with van der Waals surface area (Å²) in [5.41, 5.74) is 1.68. The van der Waals surface area contributed by atoms with E-state index in [0.717, 1.165) is 25.2 Å². The van der Waals surface area contributed by atoms with Crippen molar-refractivity contribution in [3.05, 3.63) is 66.5 Å². The molecule has 3 aromatic heterocycles. The zero-order valence-electron chi connectivity index (χ0n) is 14.2. The van der Waals surface area contributed by atoms with E-state index in [-0.39, 0.29) is 11.9 Å². The molecule has 0 radical (unpaired) electrons. The van der Waals surface area contributed by atoms with Crippen molar-refractivity contribution in [1.29, 1.82) is 0 Å². The summed E-state index contributed by atoms with van der Waals surface area (Å²) < 4.78 is 2.04. The quantitative estimate of drug-likeness (QED) is 0.750. The molecule has 132 valence electrons. The average Bonchev–Trinajstić information content (AvgIpc) is 3.18. The molecular formula is C18H19N7O. The number of anilines is 1. The second-order valence-electron chi connectivity index (χ2n) is 6.14. The van der Waals surface area contributed by atoms with Crippen LogP contribution in [0, 0.1) is 0 Å². The molecule has 1 N–H and O–H groups in total. The maximum atomic E-state index is 12.2. The van der Waals surface area contributed by atoms with Crippen LogP contribution in [0.1, 0.15) is 28.5 Å². The average molecular weight is 349 g/mol. The molecule has 0 unspecified atom stereocenters. The number of carbonyl (C=O) groups excluding carboxylic acids is 1. The number of aromatic nitrogens is 5. The Morgan fingerprint density at radius 2 is 2.04 bits per heavy atom. The van der Waals surface area contributed by atoms with E-state index in [4.69, 9.17) is 0 Å². The molecule has 4 heterocycles. The summed E-state index contributed by atoms with van der Waals surface area (Å²) in [4.78, 5) is 27.0. The molecule has 4 rings (SSSR count). The van der Waals surface area contributed by atoms with Crippen LogP contribution in [0.4, 0.5) is 5.95 Å². The molecule has 0 saturated heterocycles. The molecule has 26 heavy (non-hydrogen) atoms. The Labute approximate surface area is 150 Å². The van der Waals surface area contributed by atoms with Crippen molar-refractivity contribution in [1.82, 2.24) is 30.0 Å². The van der Waals surface area contributed by atoms with Crippen molar-refractivity contribution in [2.24, 2.45) is 0 Å². The van der Waals surface area contributed by atoms with Crippen molar-refractivity contribution in [2.75, 3.05) is 18.0 Å². The third kappa shape index (κ3) is 3.39. The molecule has 1 atom stereocenters. The monoisotopic (exact) mass is 349 g/mol. The first kappa shape index (κ1) is 16.2. The third-order valence-electron chi connectivity index (χ3n) is 4.40. The lowest BCUT2D eigenvalue weighted by Gasteiger charge is -2.34. The lowest BCUT2D eigenvalue weighted by atomic mass is 10.1. The highest BCUT2D eigenvalue weighted by molar-refractivity contribution is 5.93. The highest BCUT2D eigenvalue weighted by Crippen LogP contribution is 2.25. The Balaban J connectivity index is 1.42. The van der Waals surface area contributed by atoms with E-state index in [1.165, 1.54) is 0 Å². The molecule has 0 aliphatic carbocycles. The van der Waals surface area contributed by atoms with Gasteiger partial charge in [0, 0.05) is 44.1 Å². The van der Waals surface area contributed by atoms with Gasteiger partial charge in [0.2, 0.25) is 5.95 Å². The second-order valence-corrected chi connectivity index (χ2v) is 6.14. The first-order valence-corrected chi connectivity index (χ1v) is 8.54. The van der Waals surface area contributed by atoms with E-state index < -0.39 is 0 Å². The van der Waals surface area contributed by atoms with E-state index in [9.17, 15) is 4.79 Å². The number of hydrogen-bond donors (Lipinski definition) is 1. The van der Waals surface area contributed by atoms with Crippen LogP contribution < -0.4 is 10.2 Å². The van der Waals surface area contributed by atoms with Gasteiger partial charge in [-0.2, -0.15) is 5.10 Å². The van der Waals surface area contributed by atoms with Crippen LogP contribution in [0.2, 0.25) is 0 Å². The Kier molecular flexibility index (Phi) is 4.55. The molecule has 1 aliphatic heterocycles. The van der Waals surface area contributed by atoms with Crippen LogP contribution in [-0.4, -0.2) is 43.7 Å². The molecule has 0 aromatic carbocycles. The molecule has 0 spiro atoms. The first-order valence-electron chi connectivity index (χ1n) is 8.54. The van der Waals surface area contributed by atoms with Gasteiger partial charge in [0.25, 0.3) is 5.91 Å². The summed E-state index contributed by atoms with van der Waals surface area (Å²) >= 11 is 0. The Hall–Kier alpha value is -3.29. The molecule has 8 nitrogen and oxygen atoms in total. The van der Waals surface area contributed by atoms with Gasteiger partial charge in [-0.15, -0.1) is 0 Å². The summed E-state index contributed by atoms with van der Waals surface area (Å²) in [6, 6.07) is 7.47. The SMILES string of the molecule is O=C(NCC[C@H]1CN(c2ncccn2)Cc2ccnn21)c1cccnc1. The fraction of sp³-hybridized carbons (Fsp3) is 0.278. The van der Waals surface area contributed by atoms with Crippen LogP contribution in [0.3, 0.4) is 0 Å². The number of rotatable bonds is 5. The van der Waals surface area contributed by atoms with Crippen molar-refractivity contribution < 1.29 is 4.79 Å². The van der Waals surface area contributed by atoms with E-state index in [2.05, 4.69) is 30.3 Å². The number of pyridine rings is 1. The van der Waals surface area contributed by atoms with Crippen LogP contribution in [-0.2, 0) is 6.54 Å². The molecule has 1 aliphatic rings. The van der Waals surface area contributed by atoms with Gasteiger partial charge in [0.05, 0.1) is 23.8 Å². The van der Waals surface area contributed by atoms with Crippen molar-refractivity contribution in [3.8, 4) is 0 Å².